The molecule has 35 heavy (non-hydrogen) atoms. The maximum atomic E-state index is 13.6. The predicted octanol–water partition coefficient (Wildman–Crippen LogP) is 6.43. The zero-order valence-electron chi connectivity index (χ0n) is 20.8. The van der Waals surface area contributed by atoms with E-state index in [0.717, 1.165) is 27.8 Å². The van der Waals surface area contributed by atoms with E-state index in [-0.39, 0.29) is 18.8 Å². The first kappa shape index (κ1) is 26.3. The SMILES string of the molecule is C=NC(=O)C/C(=C(/OC(=O)OCC)C1(C)CCOCC1)c1c(C)ccc(-c2ccc(F)cc2)c1C. The molecular formula is C28H32FNO5. The molecule has 1 amide bonds. The van der Waals surface area contributed by atoms with Gasteiger partial charge in [-0.2, -0.15) is 0 Å². The van der Waals surface area contributed by atoms with Crippen LogP contribution >= 0.6 is 0 Å². The Hall–Kier alpha value is -3.32. The average Bonchev–Trinajstić information content (AvgIpc) is 2.83. The molecule has 0 saturated carbocycles. The summed E-state index contributed by atoms with van der Waals surface area (Å²) in [5.41, 5.74) is 4.30. The Morgan fingerprint density at radius 3 is 2.37 bits per heavy atom. The van der Waals surface area contributed by atoms with Gasteiger partial charge < -0.3 is 14.2 Å². The number of nitrogens with zero attached hydrogens (tertiary/aromatic N) is 1. The van der Waals surface area contributed by atoms with Crippen LogP contribution in [0.3, 0.4) is 0 Å². The summed E-state index contributed by atoms with van der Waals surface area (Å²) >= 11 is 0. The number of rotatable bonds is 7. The second kappa shape index (κ2) is 11.4. The van der Waals surface area contributed by atoms with Gasteiger partial charge in [0.25, 0.3) is 0 Å². The first-order valence-corrected chi connectivity index (χ1v) is 11.7. The minimum absolute atomic E-state index is 0.0940. The molecule has 1 aliphatic rings. The van der Waals surface area contributed by atoms with Gasteiger partial charge in [-0.15, -0.1) is 0 Å². The number of hydrogen-bond acceptors (Lipinski definition) is 5. The van der Waals surface area contributed by atoms with E-state index in [4.69, 9.17) is 14.2 Å². The summed E-state index contributed by atoms with van der Waals surface area (Å²) in [5, 5.41) is 0. The van der Waals surface area contributed by atoms with Gasteiger partial charge in [0.15, 0.2) is 0 Å². The summed E-state index contributed by atoms with van der Waals surface area (Å²) in [6, 6.07) is 10.2. The highest BCUT2D eigenvalue weighted by Crippen LogP contribution is 2.45. The molecule has 1 heterocycles. The van der Waals surface area contributed by atoms with E-state index in [9.17, 15) is 14.0 Å². The minimum Gasteiger partial charge on any atom is -0.434 e. The molecule has 2 aromatic rings. The zero-order chi connectivity index (χ0) is 25.6. The van der Waals surface area contributed by atoms with Crippen molar-refractivity contribution in [2.24, 2.45) is 10.4 Å². The van der Waals surface area contributed by atoms with Crippen molar-refractivity contribution < 1.29 is 28.2 Å². The van der Waals surface area contributed by atoms with E-state index in [2.05, 4.69) is 11.7 Å². The quantitative estimate of drug-likeness (QED) is 0.259. The third kappa shape index (κ3) is 6.03. The lowest BCUT2D eigenvalue weighted by molar-refractivity contribution is -0.116. The molecule has 1 fully saturated rings. The van der Waals surface area contributed by atoms with Crippen molar-refractivity contribution >= 4 is 24.4 Å². The van der Waals surface area contributed by atoms with Crippen LogP contribution < -0.4 is 0 Å². The molecule has 3 rings (SSSR count). The summed E-state index contributed by atoms with van der Waals surface area (Å²) in [6.45, 7) is 12.1. The van der Waals surface area contributed by atoms with E-state index >= 15 is 0 Å². The number of amides is 1. The lowest BCUT2D eigenvalue weighted by Crippen LogP contribution is -2.32. The summed E-state index contributed by atoms with van der Waals surface area (Å²) in [7, 11) is 0. The van der Waals surface area contributed by atoms with Gasteiger partial charge in [-0.25, -0.2) is 14.2 Å². The molecule has 0 bridgehead atoms. The summed E-state index contributed by atoms with van der Waals surface area (Å²) < 4.78 is 30.1. The number of aryl methyl sites for hydroxylation is 1. The largest absolute Gasteiger partial charge is 0.513 e. The second-order valence-electron chi connectivity index (χ2n) is 8.93. The van der Waals surface area contributed by atoms with E-state index in [0.29, 0.717) is 37.4 Å². The van der Waals surface area contributed by atoms with Gasteiger partial charge in [0.2, 0.25) is 5.91 Å². The third-order valence-electron chi connectivity index (χ3n) is 6.50. The second-order valence-corrected chi connectivity index (χ2v) is 8.93. The molecule has 6 nitrogen and oxygen atoms in total. The Labute approximate surface area is 205 Å². The number of hydrogen-bond donors (Lipinski definition) is 0. The molecular weight excluding hydrogens is 449 g/mol. The summed E-state index contributed by atoms with van der Waals surface area (Å²) in [4.78, 5) is 28.8. The van der Waals surface area contributed by atoms with Crippen LogP contribution in [0, 0.1) is 25.1 Å². The smallest absolute Gasteiger partial charge is 0.434 e. The lowest BCUT2D eigenvalue weighted by atomic mass is 9.76. The van der Waals surface area contributed by atoms with Crippen molar-refractivity contribution in [3.8, 4) is 11.1 Å². The van der Waals surface area contributed by atoms with Gasteiger partial charge in [0.1, 0.15) is 11.6 Å². The highest BCUT2D eigenvalue weighted by Gasteiger charge is 2.38. The average molecular weight is 482 g/mol. The summed E-state index contributed by atoms with van der Waals surface area (Å²) in [5.74, 6) is -0.371. The fourth-order valence-electron chi connectivity index (χ4n) is 4.57. The number of carbonyl (C=O) groups excluding carboxylic acids is 2. The van der Waals surface area contributed by atoms with Crippen LogP contribution in [0.25, 0.3) is 16.7 Å². The number of aliphatic imine (C=N–C) groups is 1. The van der Waals surface area contributed by atoms with E-state index in [1.54, 1.807) is 19.1 Å². The standard InChI is InChI=1S/C28H32FNO5/c1-6-34-27(32)35-26(28(4)13-15-33-16-14-28)23(17-24(31)30-5)25-18(2)7-12-22(19(25)3)20-8-10-21(29)11-9-20/h7-12H,5-6,13-17H2,1-4H3/b26-23-. The molecule has 1 saturated heterocycles. The molecule has 0 N–H and O–H groups in total. The number of benzene rings is 2. The highest BCUT2D eigenvalue weighted by atomic mass is 19.1. The van der Waals surface area contributed by atoms with Gasteiger partial charge in [0, 0.05) is 24.2 Å². The van der Waals surface area contributed by atoms with Crippen molar-refractivity contribution in [1.82, 2.24) is 0 Å². The fraction of sp³-hybridized carbons (Fsp3) is 0.393. The van der Waals surface area contributed by atoms with Gasteiger partial charge in [-0.05, 0) is 80.3 Å². The molecule has 0 aromatic heterocycles. The van der Waals surface area contributed by atoms with Crippen LogP contribution in [0.2, 0.25) is 0 Å². The highest BCUT2D eigenvalue weighted by molar-refractivity contribution is 5.94. The number of ether oxygens (including phenoxy) is 3. The van der Waals surface area contributed by atoms with Crippen LogP contribution in [0.15, 0.2) is 47.1 Å². The Morgan fingerprint density at radius 1 is 1.11 bits per heavy atom. The van der Waals surface area contributed by atoms with Gasteiger partial charge in [-0.3, -0.25) is 4.79 Å². The van der Waals surface area contributed by atoms with Crippen molar-refractivity contribution in [3.05, 3.63) is 64.7 Å². The molecule has 0 radical (unpaired) electrons. The van der Waals surface area contributed by atoms with Crippen LogP contribution in [0.5, 0.6) is 0 Å². The first-order chi connectivity index (χ1) is 16.7. The summed E-state index contributed by atoms with van der Waals surface area (Å²) in [6.07, 6.45) is 0.299. The Balaban J connectivity index is 2.31. The number of carbonyl (C=O) groups is 2. The zero-order valence-corrected chi connectivity index (χ0v) is 20.8. The van der Waals surface area contributed by atoms with Crippen LogP contribution in [-0.4, -0.2) is 38.6 Å². The van der Waals surface area contributed by atoms with Gasteiger partial charge >= 0.3 is 6.16 Å². The van der Waals surface area contributed by atoms with E-state index < -0.39 is 17.5 Å². The minimum atomic E-state index is -0.822. The molecule has 0 unspecified atom stereocenters. The molecule has 0 spiro atoms. The van der Waals surface area contributed by atoms with Crippen molar-refractivity contribution in [1.29, 1.82) is 0 Å². The molecule has 1 aliphatic heterocycles. The maximum absolute atomic E-state index is 13.6. The van der Waals surface area contributed by atoms with Gasteiger partial charge in [0.05, 0.1) is 13.0 Å². The lowest BCUT2D eigenvalue weighted by Gasteiger charge is -2.36. The Morgan fingerprint density at radius 2 is 1.77 bits per heavy atom. The molecule has 186 valence electrons. The number of allylic oxidation sites excluding steroid dienone is 1. The van der Waals surface area contributed by atoms with Crippen molar-refractivity contribution in [2.75, 3.05) is 19.8 Å². The van der Waals surface area contributed by atoms with Crippen molar-refractivity contribution in [2.45, 2.75) is 47.0 Å². The van der Waals surface area contributed by atoms with E-state index in [1.165, 1.54) is 12.1 Å². The molecule has 7 heteroatoms. The fourth-order valence-corrected chi connectivity index (χ4v) is 4.57. The van der Waals surface area contributed by atoms with Crippen molar-refractivity contribution in [3.63, 3.8) is 0 Å². The number of halogens is 1. The van der Waals surface area contributed by atoms with Gasteiger partial charge in [-0.1, -0.05) is 31.2 Å². The normalized spacial score (nSPS) is 15.7. The van der Waals surface area contributed by atoms with Crippen LogP contribution in [0.4, 0.5) is 9.18 Å². The first-order valence-electron chi connectivity index (χ1n) is 11.7. The third-order valence-corrected chi connectivity index (χ3v) is 6.50. The molecule has 0 aliphatic carbocycles. The predicted molar refractivity (Wildman–Crippen MR) is 134 cm³/mol. The van der Waals surface area contributed by atoms with Crippen LogP contribution in [-0.2, 0) is 19.0 Å². The topological polar surface area (TPSA) is 74.2 Å². The Bertz CT molecular complexity index is 1130. The molecule has 0 atom stereocenters. The Kier molecular flexibility index (Phi) is 8.57. The monoisotopic (exact) mass is 481 g/mol. The maximum Gasteiger partial charge on any atom is 0.513 e. The van der Waals surface area contributed by atoms with Crippen LogP contribution in [0.1, 0.15) is 49.8 Å². The van der Waals surface area contributed by atoms with E-state index in [1.807, 2.05) is 32.9 Å². The molecule has 2 aromatic carbocycles.